The molecule has 154 valence electrons. The molecule has 0 radical (unpaired) electrons. The Kier molecular flexibility index (Phi) is 7.34. The maximum absolute atomic E-state index is 13.0. The first-order valence-electron chi connectivity index (χ1n) is 10.2. The molecule has 1 amide bonds. The van der Waals surface area contributed by atoms with Crippen molar-refractivity contribution in [2.24, 2.45) is 5.92 Å². The van der Waals surface area contributed by atoms with Crippen LogP contribution in [0.4, 0.5) is 0 Å². The molecule has 0 spiro atoms. The topological polar surface area (TPSA) is 68.2 Å². The maximum Gasteiger partial charge on any atom is 0.288 e. The fourth-order valence-corrected chi connectivity index (χ4v) is 4.04. The summed E-state index contributed by atoms with van der Waals surface area (Å²) >= 11 is 0. The molecule has 0 bridgehead atoms. The molecule has 3 rings (SSSR count). The number of carbonyl (C=O) groups is 1. The van der Waals surface area contributed by atoms with Gasteiger partial charge < -0.3 is 24.2 Å². The van der Waals surface area contributed by atoms with Gasteiger partial charge in [-0.2, -0.15) is 0 Å². The fourth-order valence-electron chi connectivity index (χ4n) is 4.04. The molecule has 0 saturated carbocycles. The lowest BCUT2D eigenvalue weighted by Gasteiger charge is -2.37. The number of ether oxygens (including phenoxy) is 3. The normalized spacial score (nSPS) is 24.6. The van der Waals surface area contributed by atoms with E-state index in [1.54, 1.807) is 7.11 Å². The third-order valence-electron chi connectivity index (χ3n) is 5.52. The van der Waals surface area contributed by atoms with E-state index < -0.39 is 6.29 Å². The Morgan fingerprint density at radius 2 is 1.96 bits per heavy atom. The van der Waals surface area contributed by atoms with Crippen LogP contribution < -0.4 is 4.74 Å². The molecule has 6 nitrogen and oxygen atoms in total. The van der Waals surface area contributed by atoms with E-state index in [0.29, 0.717) is 18.8 Å². The van der Waals surface area contributed by atoms with Gasteiger partial charge in [0.25, 0.3) is 5.91 Å². The smallest absolute Gasteiger partial charge is 0.288 e. The number of hydrogen-bond acceptors (Lipinski definition) is 5. The van der Waals surface area contributed by atoms with Crippen LogP contribution in [0.5, 0.6) is 5.75 Å². The zero-order chi connectivity index (χ0) is 19.9. The van der Waals surface area contributed by atoms with Crippen LogP contribution in [0, 0.1) is 5.92 Å². The molecule has 0 unspecified atom stereocenters. The average Bonchev–Trinajstić information content (AvgIpc) is 3.27. The molecule has 2 heterocycles. The average molecular weight is 389 g/mol. The van der Waals surface area contributed by atoms with Crippen molar-refractivity contribution in [1.29, 1.82) is 0 Å². The van der Waals surface area contributed by atoms with E-state index in [2.05, 4.69) is 0 Å². The van der Waals surface area contributed by atoms with E-state index in [4.69, 9.17) is 14.2 Å². The minimum Gasteiger partial charge on any atom is -0.497 e. The molecule has 3 atom stereocenters. The van der Waals surface area contributed by atoms with Crippen molar-refractivity contribution < 1.29 is 24.1 Å². The lowest BCUT2D eigenvalue weighted by atomic mass is 9.80. The third-order valence-corrected chi connectivity index (χ3v) is 5.52. The zero-order valence-corrected chi connectivity index (χ0v) is 16.8. The van der Waals surface area contributed by atoms with Crippen molar-refractivity contribution in [1.82, 2.24) is 4.90 Å². The van der Waals surface area contributed by atoms with Crippen molar-refractivity contribution >= 4 is 5.91 Å². The first kappa shape index (κ1) is 20.7. The number of benzene rings is 1. The summed E-state index contributed by atoms with van der Waals surface area (Å²) < 4.78 is 17.2. The molecule has 2 aliphatic heterocycles. The number of aliphatic hydroxyl groups excluding tert-OH is 1. The van der Waals surface area contributed by atoms with Crippen LogP contribution in [0.25, 0.3) is 0 Å². The number of carbonyl (C=O) groups excluding carboxylic acids is 1. The van der Waals surface area contributed by atoms with E-state index in [-0.39, 0.29) is 24.3 Å². The summed E-state index contributed by atoms with van der Waals surface area (Å²) in [5, 5.41) is 9.35. The third kappa shape index (κ3) is 4.67. The Bertz CT molecular complexity index is 666. The minimum atomic E-state index is -0.504. The summed E-state index contributed by atoms with van der Waals surface area (Å²) in [6, 6.07) is 7.91. The Morgan fingerprint density at radius 1 is 1.25 bits per heavy atom. The van der Waals surface area contributed by atoms with Gasteiger partial charge >= 0.3 is 0 Å². The summed E-state index contributed by atoms with van der Waals surface area (Å²) in [6.45, 7) is 4.10. The second-order valence-electron chi connectivity index (χ2n) is 7.30. The van der Waals surface area contributed by atoms with E-state index in [9.17, 15) is 9.90 Å². The summed E-state index contributed by atoms with van der Waals surface area (Å²) in [4.78, 5) is 14.8. The van der Waals surface area contributed by atoms with Crippen LogP contribution in [0.3, 0.4) is 0 Å². The van der Waals surface area contributed by atoms with Crippen LogP contribution in [0.1, 0.15) is 44.1 Å². The number of amides is 1. The molecule has 6 heteroatoms. The molecular weight excluding hydrogens is 358 g/mol. The number of methoxy groups -OCH3 is 1. The van der Waals surface area contributed by atoms with Crippen molar-refractivity contribution in [3.63, 3.8) is 0 Å². The Labute approximate surface area is 167 Å². The summed E-state index contributed by atoms with van der Waals surface area (Å²) in [5.74, 6) is 1.11. The standard InChI is InChI=1S/C22H31NO5/c1-3-27-22-18(7-6-14-24)19(16-8-10-17(26-2)11-9-16)15-20(28-22)21(25)23-12-4-5-13-23/h8-11,15,18-19,22,24H,3-7,12-14H2,1-2H3/t18-,19-,22-/m0/s1. The lowest BCUT2D eigenvalue weighted by Crippen LogP contribution is -2.39. The van der Waals surface area contributed by atoms with Gasteiger partial charge in [0.1, 0.15) is 5.75 Å². The van der Waals surface area contributed by atoms with Crippen molar-refractivity contribution in [2.75, 3.05) is 33.4 Å². The molecule has 0 aliphatic carbocycles. The Morgan fingerprint density at radius 3 is 2.57 bits per heavy atom. The van der Waals surface area contributed by atoms with Gasteiger partial charge in [0, 0.05) is 38.1 Å². The minimum absolute atomic E-state index is 0.0237. The number of allylic oxidation sites excluding steroid dienone is 1. The van der Waals surface area contributed by atoms with Crippen LogP contribution in [-0.2, 0) is 14.3 Å². The largest absolute Gasteiger partial charge is 0.497 e. The highest BCUT2D eigenvalue weighted by Gasteiger charge is 2.39. The summed E-state index contributed by atoms with van der Waals surface area (Å²) in [6.07, 6.45) is 4.92. The van der Waals surface area contributed by atoms with Gasteiger partial charge in [-0.25, -0.2) is 0 Å². The molecule has 1 aromatic carbocycles. The number of aliphatic hydroxyl groups is 1. The molecule has 1 aromatic rings. The van der Waals surface area contributed by atoms with Gasteiger partial charge in [0.05, 0.1) is 7.11 Å². The highest BCUT2D eigenvalue weighted by atomic mass is 16.7. The molecular formula is C22H31NO5. The first-order valence-corrected chi connectivity index (χ1v) is 10.2. The van der Waals surface area contributed by atoms with Gasteiger partial charge in [-0.1, -0.05) is 12.1 Å². The highest BCUT2D eigenvalue weighted by Crippen LogP contribution is 2.40. The maximum atomic E-state index is 13.0. The van der Waals surface area contributed by atoms with Gasteiger partial charge in [-0.3, -0.25) is 4.79 Å². The quantitative estimate of drug-likeness (QED) is 0.740. The zero-order valence-electron chi connectivity index (χ0n) is 16.8. The Balaban J connectivity index is 1.93. The van der Waals surface area contributed by atoms with Crippen molar-refractivity contribution in [3.05, 3.63) is 41.7 Å². The van der Waals surface area contributed by atoms with Gasteiger partial charge in [0.2, 0.25) is 6.29 Å². The van der Waals surface area contributed by atoms with E-state index in [0.717, 1.165) is 43.7 Å². The fraction of sp³-hybridized carbons (Fsp3) is 0.591. The van der Waals surface area contributed by atoms with E-state index in [1.807, 2.05) is 42.2 Å². The predicted octanol–water partition coefficient (Wildman–Crippen LogP) is 3.07. The predicted molar refractivity (Wildman–Crippen MR) is 106 cm³/mol. The molecule has 0 aromatic heterocycles. The van der Waals surface area contributed by atoms with E-state index in [1.165, 1.54) is 0 Å². The second kappa shape index (κ2) is 9.94. The highest BCUT2D eigenvalue weighted by molar-refractivity contribution is 5.92. The Hall–Kier alpha value is -2.05. The molecule has 2 aliphatic rings. The molecule has 1 saturated heterocycles. The first-order chi connectivity index (χ1) is 13.7. The van der Waals surface area contributed by atoms with Crippen LogP contribution in [0.15, 0.2) is 36.1 Å². The second-order valence-corrected chi connectivity index (χ2v) is 7.30. The number of nitrogens with zero attached hydrogens (tertiary/aromatic N) is 1. The van der Waals surface area contributed by atoms with Gasteiger partial charge in [-0.15, -0.1) is 0 Å². The van der Waals surface area contributed by atoms with Crippen LogP contribution in [0.2, 0.25) is 0 Å². The van der Waals surface area contributed by atoms with Crippen LogP contribution >= 0.6 is 0 Å². The lowest BCUT2D eigenvalue weighted by molar-refractivity contribution is -0.170. The van der Waals surface area contributed by atoms with E-state index >= 15 is 0 Å². The summed E-state index contributed by atoms with van der Waals surface area (Å²) in [5.41, 5.74) is 1.09. The van der Waals surface area contributed by atoms with Crippen LogP contribution in [-0.4, -0.2) is 55.6 Å². The monoisotopic (exact) mass is 389 g/mol. The number of hydrogen-bond donors (Lipinski definition) is 1. The number of likely N-dealkylation sites (tertiary alicyclic amines) is 1. The van der Waals surface area contributed by atoms with Crippen molar-refractivity contribution in [2.45, 2.75) is 44.8 Å². The summed E-state index contributed by atoms with van der Waals surface area (Å²) in [7, 11) is 1.64. The van der Waals surface area contributed by atoms with Crippen molar-refractivity contribution in [3.8, 4) is 5.75 Å². The molecule has 1 fully saturated rings. The SMILES string of the molecule is CCO[C@H]1OC(C(=O)N2CCCC2)=C[C@@H](c2ccc(OC)cc2)[C@@H]1CCCO. The van der Waals surface area contributed by atoms with Gasteiger partial charge in [-0.05, 0) is 56.4 Å². The number of rotatable bonds is 8. The molecule has 1 N–H and O–H groups in total. The van der Waals surface area contributed by atoms with Gasteiger partial charge in [0.15, 0.2) is 5.76 Å². The molecule has 28 heavy (non-hydrogen) atoms.